The minimum Gasteiger partial charge on any atom is -0.437 e. The van der Waals surface area contributed by atoms with E-state index >= 15 is 0 Å². The van der Waals surface area contributed by atoms with Gasteiger partial charge in [0.15, 0.2) is 11.4 Å². The van der Waals surface area contributed by atoms with Gasteiger partial charge in [-0.1, -0.05) is 19.9 Å². The van der Waals surface area contributed by atoms with Crippen molar-refractivity contribution in [1.29, 1.82) is 0 Å². The summed E-state index contributed by atoms with van der Waals surface area (Å²) < 4.78 is 1.73. The van der Waals surface area contributed by atoms with Crippen molar-refractivity contribution in [2.24, 2.45) is 0 Å². The summed E-state index contributed by atoms with van der Waals surface area (Å²) in [6, 6.07) is 9.74. The maximum absolute atomic E-state index is 13.0. The van der Waals surface area contributed by atoms with Gasteiger partial charge in [0.2, 0.25) is 0 Å². The lowest BCUT2D eigenvalue weighted by Crippen LogP contribution is -2.44. The molecule has 4 rings (SSSR count). The Labute approximate surface area is 198 Å². The van der Waals surface area contributed by atoms with E-state index < -0.39 is 7.05 Å². The van der Waals surface area contributed by atoms with Crippen molar-refractivity contribution in [1.82, 2.24) is 24.4 Å². The molecule has 0 spiro atoms. The minimum absolute atomic E-state index is 0.0717. The Morgan fingerprint density at radius 3 is 2.82 bits per heavy atom. The number of hydrogen-bond acceptors (Lipinski definition) is 7. The van der Waals surface area contributed by atoms with E-state index in [1.54, 1.807) is 41.1 Å². The molecule has 0 unspecified atom stereocenters. The highest BCUT2D eigenvalue weighted by molar-refractivity contribution is 7.13. The molecule has 0 bridgehead atoms. The van der Waals surface area contributed by atoms with Crippen molar-refractivity contribution in [2.75, 3.05) is 6.54 Å². The van der Waals surface area contributed by atoms with E-state index in [-0.39, 0.29) is 11.8 Å². The average Bonchev–Trinajstić information content (AvgIpc) is 3.51. The number of aromatic nitrogens is 4. The largest absolute Gasteiger partial charge is 0.437 e. The molecule has 0 aliphatic heterocycles. The molecule has 0 aromatic carbocycles. The van der Waals surface area contributed by atoms with E-state index in [2.05, 4.69) is 17.0 Å². The summed E-state index contributed by atoms with van der Waals surface area (Å²) in [5.41, 5.74) is 3.69. The zero-order valence-corrected chi connectivity index (χ0v) is 20.0. The highest BCUT2D eigenvalue weighted by Crippen LogP contribution is 2.27. The van der Waals surface area contributed by atoms with E-state index in [1.165, 1.54) is 0 Å². The van der Waals surface area contributed by atoms with Crippen molar-refractivity contribution in [3.05, 3.63) is 59.9 Å². The molecule has 0 amide bonds. The van der Waals surface area contributed by atoms with Crippen LogP contribution >= 0.6 is 11.3 Å². The molecular weight excluding hydrogens is 433 g/mol. The number of carbonyl (C=O) groups excluding carboxylic acids is 1. The predicted molar refractivity (Wildman–Crippen MR) is 133 cm³/mol. The highest BCUT2D eigenvalue weighted by atomic mass is 32.1. The second-order valence-electron chi connectivity index (χ2n) is 8.03. The summed E-state index contributed by atoms with van der Waals surface area (Å²) in [6.07, 6.45) is 7.30. The summed E-state index contributed by atoms with van der Waals surface area (Å²) in [5.74, 6) is 0.0717. The van der Waals surface area contributed by atoms with E-state index in [9.17, 15) is 9.82 Å². The fourth-order valence-corrected chi connectivity index (χ4v) is 4.93. The molecule has 0 saturated carbocycles. The molecule has 0 saturated heterocycles. The van der Waals surface area contributed by atoms with Gasteiger partial charge < -0.3 is 9.83 Å². The van der Waals surface area contributed by atoms with Gasteiger partial charge >= 0.3 is 7.05 Å². The topological polar surface area (TPSA) is 83.6 Å². The number of ketones is 1. The second-order valence-corrected chi connectivity index (χ2v) is 8.98. The zero-order chi connectivity index (χ0) is 23.4. The Morgan fingerprint density at radius 1 is 1.27 bits per heavy atom. The first-order valence-electron chi connectivity index (χ1n) is 11.3. The minimum atomic E-state index is -0.523. The van der Waals surface area contributed by atoms with E-state index in [0.717, 1.165) is 29.1 Å². The van der Waals surface area contributed by atoms with E-state index in [1.807, 2.05) is 47.6 Å². The lowest BCUT2D eigenvalue weighted by molar-refractivity contribution is 0.0968. The Balaban J connectivity index is 1.56. The van der Waals surface area contributed by atoms with Crippen LogP contribution in [0, 0.1) is 0 Å². The predicted octanol–water partition coefficient (Wildman–Crippen LogP) is 4.69. The molecule has 1 atom stereocenters. The van der Waals surface area contributed by atoms with Gasteiger partial charge in [-0.2, -0.15) is 5.10 Å². The van der Waals surface area contributed by atoms with Gasteiger partial charge in [-0.25, -0.2) is 9.50 Å². The molecule has 4 aromatic rings. The van der Waals surface area contributed by atoms with Crippen LogP contribution in [0.5, 0.6) is 0 Å². The standard InChI is InChI=1S/C24H28BN5O2S/c1-4-18(29(5-2)25(3)32)8-9-22(31)17-10-12-26-21(15-17)19-16-27-30-13-11-20(28-24(19)30)23-7-6-14-33-23/h6-7,10-16,18,32H,4-5,8-9H2,1-3H3/t18-/m1/s1. The first-order valence-corrected chi connectivity index (χ1v) is 12.2. The number of fused-ring (bicyclic) bond motifs is 1. The fraction of sp³-hybridized carbons (Fsp3) is 0.333. The van der Waals surface area contributed by atoms with Gasteiger partial charge in [-0.15, -0.1) is 11.3 Å². The van der Waals surface area contributed by atoms with Gasteiger partial charge in [-0.05, 0) is 55.9 Å². The van der Waals surface area contributed by atoms with Crippen LogP contribution in [-0.4, -0.2) is 54.8 Å². The first kappa shape index (κ1) is 23.3. The zero-order valence-electron chi connectivity index (χ0n) is 19.2. The molecule has 1 N–H and O–H groups in total. The first-order chi connectivity index (χ1) is 16.0. The Bertz CT molecular complexity index is 1220. The van der Waals surface area contributed by atoms with Crippen LogP contribution in [0.25, 0.3) is 27.5 Å². The third kappa shape index (κ3) is 5.05. The third-order valence-electron chi connectivity index (χ3n) is 5.99. The quantitative estimate of drug-likeness (QED) is 0.272. The number of pyridine rings is 1. The second kappa shape index (κ2) is 10.4. The lowest BCUT2D eigenvalue weighted by Gasteiger charge is -2.30. The summed E-state index contributed by atoms with van der Waals surface area (Å²) in [5, 5.41) is 16.5. The summed E-state index contributed by atoms with van der Waals surface area (Å²) in [7, 11) is -0.523. The van der Waals surface area contributed by atoms with Crippen LogP contribution in [0.1, 0.15) is 43.5 Å². The van der Waals surface area contributed by atoms with Crippen LogP contribution in [0.3, 0.4) is 0 Å². The Kier molecular flexibility index (Phi) is 7.32. The molecular formula is C24H28BN5O2S. The fourth-order valence-electron chi connectivity index (χ4n) is 4.24. The monoisotopic (exact) mass is 461 g/mol. The SMILES string of the molecule is CC[C@H](CCC(=O)c1ccnc(-c2cnn3ccc(-c4cccs4)nc23)c1)N(CC)B(C)O. The average molecular weight is 461 g/mol. The van der Waals surface area contributed by atoms with Crippen molar-refractivity contribution in [3.8, 4) is 21.8 Å². The molecule has 9 heteroatoms. The molecule has 33 heavy (non-hydrogen) atoms. The highest BCUT2D eigenvalue weighted by Gasteiger charge is 2.23. The van der Waals surface area contributed by atoms with Crippen molar-refractivity contribution >= 4 is 29.8 Å². The lowest BCUT2D eigenvalue weighted by atomic mass is 9.81. The molecule has 0 aliphatic carbocycles. The molecule has 4 aromatic heterocycles. The van der Waals surface area contributed by atoms with E-state index in [4.69, 9.17) is 4.98 Å². The Hall–Kier alpha value is -2.88. The number of hydrogen-bond donors (Lipinski definition) is 1. The third-order valence-corrected chi connectivity index (χ3v) is 6.88. The normalized spacial score (nSPS) is 12.4. The molecule has 4 heterocycles. The van der Waals surface area contributed by atoms with Crippen LogP contribution in [0.2, 0.25) is 6.82 Å². The number of rotatable bonds is 10. The number of thiophene rings is 1. The maximum atomic E-state index is 13.0. The number of carbonyl (C=O) groups is 1. The van der Waals surface area contributed by atoms with Crippen LogP contribution in [-0.2, 0) is 0 Å². The molecule has 7 nitrogen and oxygen atoms in total. The molecule has 170 valence electrons. The van der Waals surface area contributed by atoms with Crippen molar-refractivity contribution in [2.45, 2.75) is 46.0 Å². The molecule has 0 aliphatic rings. The summed E-state index contributed by atoms with van der Waals surface area (Å²) in [6.45, 7) is 6.64. The van der Waals surface area contributed by atoms with Gasteiger partial charge in [0.1, 0.15) is 0 Å². The van der Waals surface area contributed by atoms with Crippen molar-refractivity contribution < 1.29 is 9.82 Å². The van der Waals surface area contributed by atoms with Gasteiger partial charge in [-0.3, -0.25) is 9.78 Å². The Morgan fingerprint density at radius 2 is 2.12 bits per heavy atom. The van der Waals surface area contributed by atoms with Gasteiger partial charge in [0.25, 0.3) is 0 Å². The van der Waals surface area contributed by atoms with Crippen LogP contribution in [0.4, 0.5) is 0 Å². The maximum Gasteiger partial charge on any atom is 0.376 e. The molecule has 0 fully saturated rings. The van der Waals surface area contributed by atoms with Crippen LogP contribution in [0.15, 0.2) is 54.3 Å². The van der Waals surface area contributed by atoms with Crippen molar-refractivity contribution in [3.63, 3.8) is 0 Å². The summed E-state index contributed by atoms with van der Waals surface area (Å²) >= 11 is 1.64. The number of nitrogens with zero attached hydrogens (tertiary/aromatic N) is 5. The van der Waals surface area contributed by atoms with Crippen LogP contribution < -0.4 is 0 Å². The summed E-state index contributed by atoms with van der Waals surface area (Å²) in [4.78, 5) is 25.4. The van der Waals surface area contributed by atoms with Gasteiger partial charge in [0.05, 0.1) is 28.0 Å². The smallest absolute Gasteiger partial charge is 0.376 e. The van der Waals surface area contributed by atoms with E-state index in [0.29, 0.717) is 29.7 Å². The molecule has 0 radical (unpaired) electrons. The van der Waals surface area contributed by atoms with Gasteiger partial charge in [0, 0.05) is 30.4 Å². The number of Topliss-reactive ketones (excluding diaryl/α,β-unsaturated/α-hetero) is 1.